The van der Waals surface area contributed by atoms with Gasteiger partial charge in [0.2, 0.25) is 5.91 Å². The lowest BCUT2D eigenvalue weighted by Crippen LogP contribution is -2.49. The maximum Gasteiger partial charge on any atom is 0.411 e. The van der Waals surface area contributed by atoms with Gasteiger partial charge in [-0.1, -0.05) is 13.0 Å². The van der Waals surface area contributed by atoms with E-state index in [0.717, 1.165) is 4.90 Å². The average molecular weight is 360 g/mol. The van der Waals surface area contributed by atoms with Crippen LogP contribution in [0.4, 0.5) is 9.18 Å². The second-order valence-electron chi connectivity index (χ2n) is 6.89. The largest absolute Gasteiger partial charge is 0.466 e. The predicted octanol–water partition coefficient (Wildman–Crippen LogP) is 2.20. The zero-order chi connectivity index (χ0) is 19.2. The Morgan fingerprint density at radius 1 is 1.40 bits per heavy atom. The molecule has 1 fully saturated rings. The van der Waals surface area contributed by atoms with Crippen LogP contribution in [0.2, 0.25) is 0 Å². The molecule has 144 valence electrons. The third kappa shape index (κ3) is 6.72. The second-order valence-corrected chi connectivity index (χ2v) is 6.89. The first-order valence-electron chi connectivity index (χ1n) is 8.27. The summed E-state index contributed by atoms with van der Waals surface area (Å²) in [6, 6.07) is -1.36. The molecule has 7 nitrogen and oxygen atoms in total. The summed E-state index contributed by atoms with van der Waals surface area (Å²) in [5.41, 5.74) is -0.734. The number of likely N-dealkylation sites (tertiary alicyclic amines) is 1. The molecule has 0 aromatic rings. The summed E-state index contributed by atoms with van der Waals surface area (Å²) >= 11 is 0. The lowest BCUT2D eigenvalue weighted by atomic mass is 10.1. The summed E-state index contributed by atoms with van der Waals surface area (Å²) in [7, 11) is 1.25. The Bertz CT molecular complexity index is 536. The van der Waals surface area contributed by atoms with Crippen molar-refractivity contribution in [3.8, 4) is 0 Å². The Morgan fingerprint density at radius 2 is 2.04 bits per heavy atom. The van der Waals surface area contributed by atoms with Crippen LogP contribution in [0.15, 0.2) is 12.2 Å². The third-order valence-corrected chi connectivity index (χ3v) is 3.61. The first kappa shape index (κ1) is 20.9. The number of hydrogen-bond donors (Lipinski definition) is 1. The highest BCUT2D eigenvalue weighted by molar-refractivity contribution is 5.87. The highest BCUT2D eigenvalue weighted by Gasteiger charge is 2.41. The van der Waals surface area contributed by atoms with Crippen molar-refractivity contribution >= 4 is 18.0 Å². The fourth-order valence-electron chi connectivity index (χ4n) is 2.38. The highest BCUT2D eigenvalue weighted by atomic mass is 19.1. The Morgan fingerprint density at radius 3 is 2.56 bits per heavy atom. The predicted molar refractivity (Wildman–Crippen MR) is 91.7 cm³/mol. The molecule has 1 aliphatic rings. The van der Waals surface area contributed by atoms with Gasteiger partial charge in [-0.25, -0.2) is 14.0 Å². The summed E-state index contributed by atoms with van der Waals surface area (Å²) < 4.78 is 23.5. The van der Waals surface area contributed by atoms with Crippen molar-refractivity contribution in [1.82, 2.24) is 10.2 Å². The van der Waals surface area contributed by atoms with Crippen LogP contribution in [-0.2, 0) is 19.1 Å². The summed E-state index contributed by atoms with van der Waals surface area (Å²) in [6.07, 6.45) is 1.16. The normalized spacial score (nSPS) is 21.9. The molecule has 8 heteroatoms. The molecule has 0 saturated carbocycles. The van der Waals surface area contributed by atoms with Gasteiger partial charge in [0.05, 0.1) is 13.7 Å². The van der Waals surface area contributed by atoms with Crippen LogP contribution >= 0.6 is 0 Å². The van der Waals surface area contributed by atoms with Gasteiger partial charge in [0.1, 0.15) is 17.8 Å². The van der Waals surface area contributed by atoms with Crippen LogP contribution < -0.4 is 5.32 Å². The van der Waals surface area contributed by atoms with E-state index in [9.17, 15) is 18.8 Å². The van der Waals surface area contributed by atoms with Crippen LogP contribution in [-0.4, -0.2) is 60.4 Å². The molecule has 0 spiro atoms. The van der Waals surface area contributed by atoms with Crippen LogP contribution in [0.1, 0.15) is 42.0 Å². The van der Waals surface area contributed by atoms with Gasteiger partial charge >= 0.3 is 12.1 Å². The lowest BCUT2D eigenvalue weighted by Gasteiger charge is -2.28. The molecular formula is C17H29FN2O5. The van der Waals surface area contributed by atoms with E-state index >= 15 is 0 Å². The minimum atomic E-state index is -1.28. The van der Waals surface area contributed by atoms with E-state index in [2.05, 4.69) is 10.1 Å². The van der Waals surface area contributed by atoms with E-state index in [1.807, 2.05) is 6.92 Å². The third-order valence-electron chi connectivity index (χ3n) is 3.61. The highest BCUT2D eigenvalue weighted by Crippen LogP contribution is 2.23. The summed E-state index contributed by atoms with van der Waals surface area (Å²) in [5.74, 6) is -1.01. The number of rotatable bonds is 5. The molecule has 1 rings (SSSR count). The molecule has 1 N–H and O–H groups in total. The van der Waals surface area contributed by atoms with Crippen molar-refractivity contribution < 1.29 is 29.7 Å². The standard InChI is InChI=1S/C17H27FN2O5.H2/c1-6-12(7-8-14(21)24-5)19-15(22)13-9-11(18)10-20(13)16(23)25-17(2,3)4;/h7-8,11-13H,6,9-10H2,1-5H3,(H,19,22);1H/b8-7+;/t11-,12-,13-;/m0./s1. The number of halogens is 1. The van der Waals surface area contributed by atoms with Gasteiger partial charge in [0.15, 0.2) is 0 Å². The van der Waals surface area contributed by atoms with Crippen LogP contribution in [0, 0.1) is 0 Å². The minimum Gasteiger partial charge on any atom is -0.466 e. The van der Waals surface area contributed by atoms with Gasteiger partial charge in [-0.3, -0.25) is 9.69 Å². The summed E-state index contributed by atoms with van der Waals surface area (Å²) in [5, 5.41) is 2.71. The maximum atomic E-state index is 13.8. The number of esters is 1. The molecule has 0 aliphatic carbocycles. The zero-order valence-electron chi connectivity index (χ0n) is 15.4. The number of nitrogens with zero attached hydrogens (tertiary/aromatic N) is 1. The van der Waals surface area contributed by atoms with Crippen molar-refractivity contribution in [2.24, 2.45) is 0 Å². The van der Waals surface area contributed by atoms with E-state index in [0.29, 0.717) is 6.42 Å². The molecule has 0 bridgehead atoms. The lowest BCUT2D eigenvalue weighted by molar-refractivity contribution is -0.135. The van der Waals surface area contributed by atoms with Crippen LogP contribution in [0.25, 0.3) is 0 Å². The summed E-state index contributed by atoms with van der Waals surface area (Å²) in [6.45, 7) is 6.75. The molecule has 25 heavy (non-hydrogen) atoms. The second kappa shape index (κ2) is 8.82. The number of ether oxygens (including phenoxy) is 2. The number of nitrogens with one attached hydrogen (secondary N) is 1. The molecule has 0 radical (unpaired) electrons. The number of carbonyl (C=O) groups is 3. The first-order chi connectivity index (χ1) is 11.6. The number of amides is 2. The fraction of sp³-hybridized carbons (Fsp3) is 0.706. The molecule has 0 unspecified atom stereocenters. The van der Waals surface area contributed by atoms with Crippen molar-refractivity contribution in [2.45, 2.75) is 64.4 Å². The SMILES string of the molecule is CC[C@@H](/C=C/C(=O)OC)NC(=O)[C@@H]1C[C@H](F)CN1C(=O)OC(C)(C)C.[HH]. The topological polar surface area (TPSA) is 84.9 Å². The number of hydrogen-bond acceptors (Lipinski definition) is 5. The van der Waals surface area contributed by atoms with Crippen LogP contribution in [0.5, 0.6) is 0 Å². The Balaban J connectivity index is 0.00000625. The number of methoxy groups -OCH3 is 1. The summed E-state index contributed by atoms with van der Waals surface area (Å²) in [4.78, 5) is 37.0. The van der Waals surface area contributed by atoms with Gasteiger partial charge in [-0.05, 0) is 27.2 Å². The molecular weight excluding hydrogens is 331 g/mol. The molecule has 1 saturated heterocycles. The zero-order valence-corrected chi connectivity index (χ0v) is 15.4. The van der Waals surface area contributed by atoms with E-state index < -0.39 is 41.8 Å². The van der Waals surface area contributed by atoms with Gasteiger partial charge in [0.25, 0.3) is 0 Å². The van der Waals surface area contributed by atoms with Crippen molar-refractivity contribution in [3.63, 3.8) is 0 Å². The van der Waals surface area contributed by atoms with E-state index in [4.69, 9.17) is 4.74 Å². The van der Waals surface area contributed by atoms with E-state index in [1.54, 1.807) is 20.8 Å². The molecule has 1 aliphatic heterocycles. The number of carbonyl (C=O) groups excluding carboxylic acids is 3. The molecule has 0 aromatic heterocycles. The van der Waals surface area contributed by atoms with Crippen molar-refractivity contribution in [2.75, 3.05) is 13.7 Å². The molecule has 2 amide bonds. The van der Waals surface area contributed by atoms with Crippen molar-refractivity contribution in [3.05, 3.63) is 12.2 Å². The fourth-order valence-corrected chi connectivity index (χ4v) is 2.38. The van der Waals surface area contributed by atoms with Gasteiger partial charge in [0, 0.05) is 20.0 Å². The quantitative estimate of drug-likeness (QED) is 0.600. The number of alkyl halides is 1. The molecule has 3 atom stereocenters. The molecule has 1 heterocycles. The van der Waals surface area contributed by atoms with Gasteiger partial charge in [-0.15, -0.1) is 0 Å². The Hall–Kier alpha value is -2.12. The Kier molecular flexibility index (Phi) is 7.38. The van der Waals surface area contributed by atoms with Gasteiger partial charge < -0.3 is 14.8 Å². The van der Waals surface area contributed by atoms with Gasteiger partial charge in [-0.2, -0.15) is 0 Å². The van der Waals surface area contributed by atoms with Crippen LogP contribution in [0.3, 0.4) is 0 Å². The van der Waals surface area contributed by atoms with E-state index in [-0.39, 0.29) is 14.4 Å². The molecule has 0 aromatic carbocycles. The Labute approximate surface area is 149 Å². The smallest absolute Gasteiger partial charge is 0.411 e. The first-order valence-corrected chi connectivity index (χ1v) is 8.27. The van der Waals surface area contributed by atoms with E-state index in [1.165, 1.54) is 19.3 Å². The minimum absolute atomic E-state index is 0. The monoisotopic (exact) mass is 360 g/mol. The maximum absolute atomic E-state index is 13.8. The average Bonchev–Trinajstić information content (AvgIpc) is 2.91. The van der Waals surface area contributed by atoms with Crippen molar-refractivity contribution in [1.29, 1.82) is 0 Å².